The van der Waals surface area contributed by atoms with Gasteiger partial charge in [0.05, 0.1) is 34.7 Å². The number of rotatable bonds is 4. The molecule has 5 nitrogen and oxygen atoms in total. The normalized spacial score (nSPS) is 14.7. The third-order valence-corrected chi connectivity index (χ3v) is 5.49. The quantitative estimate of drug-likeness (QED) is 0.569. The summed E-state index contributed by atoms with van der Waals surface area (Å²) in [5, 5.41) is 8.31. The molecule has 29 heavy (non-hydrogen) atoms. The number of hydrogen-bond donors (Lipinski definition) is 1. The van der Waals surface area contributed by atoms with Gasteiger partial charge in [0.1, 0.15) is 5.82 Å². The predicted octanol–water partition coefficient (Wildman–Crippen LogP) is 4.29. The smallest absolute Gasteiger partial charge is 0.254 e. The van der Waals surface area contributed by atoms with Gasteiger partial charge in [-0.2, -0.15) is 5.10 Å². The average molecular weight is 386 g/mol. The number of halogens is 1. The largest absolute Gasteiger partial charge is 0.342 e. The van der Waals surface area contributed by atoms with Crippen LogP contribution in [0.3, 0.4) is 0 Å². The minimum atomic E-state index is -0.311. The van der Waals surface area contributed by atoms with E-state index in [9.17, 15) is 9.18 Å². The standard InChI is InChI=1S/C23H19FN4O/c1-15-3-2-4-16(11-15)23(9-10-23)27-22(29)20-12-25-14-21-19(20)13-26-28(21)18-7-5-17(24)6-8-18/h2-8,11-14H,9-10H2,1H3,(H,27,29). The lowest BCUT2D eigenvalue weighted by Gasteiger charge is -2.18. The summed E-state index contributed by atoms with van der Waals surface area (Å²) in [6, 6.07) is 14.3. The number of amides is 1. The molecular weight excluding hydrogens is 367 g/mol. The van der Waals surface area contributed by atoms with Crippen LogP contribution in [0, 0.1) is 12.7 Å². The molecule has 6 heteroatoms. The molecule has 1 saturated carbocycles. The molecule has 2 heterocycles. The third kappa shape index (κ3) is 3.06. The first-order valence-electron chi connectivity index (χ1n) is 9.53. The minimum absolute atomic E-state index is 0.166. The molecular formula is C23H19FN4O. The third-order valence-electron chi connectivity index (χ3n) is 5.49. The average Bonchev–Trinajstić information content (AvgIpc) is 3.38. The number of benzene rings is 2. The Morgan fingerprint density at radius 1 is 1.10 bits per heavy atom. The van der Waals surface area contributed by atoms with E-state index in [0.717, 1.165) is 18.4 Å². The van der Waals surface area contributed by atoms with Crippen molar-refractivity contribution in [3.8, 4) is 5.69 Å². The number of nitrogens with zero attached hydrogens (tertiary/aromatic N) is 3. The molecule has 0 saturated heterocycles. The molecule has 2 aromatic carbocycles. The molecule has 2 aromatic heterocycles. The number of aryl methyl sites for hydroxylation is 1. The SMILES string of the molecule is Cc1cccc(C2(NC(=O)c3cncc4c3cnn4-c3ccc(F)cc3)CC2)c1. The highest BCUT2D eigenvalue weighted by atomic mass is 19.1. The van der Waals surface area contributed by atoms with Crippen LogP contribution >= 0.6 is 0 Å². The van der Waals surface area contributed by atoms with Gasteiger partial charge in [-0.25, -0.2) is 9.07 Å². The first-order chi connectivity index (χ1) is 14.1. The predicted molar refractivity (Wildman–Crippen MR) is 108 cm³/mol. The lowest BCUT2D eigenvalue weighted by Crippen LogP contribution is -2.35. The zero-order valence-electron chi connectivity index (χ0n) is 15.9. The monoisotopic (exact) mass is 386 g/mol. The molecule has 144 valence electrons. The van der Waals surface area contributed by atoms with E-state index >= 15 is 0 Å². The zero-order chi connectivity index (χ0) is 20.0. The molecule has 0 atom stereocenters. The lowest BCUT2D eigenvalue weighted by molar-refractivity contribution is 0.0932. The van der Waals surface area contributed by atoms with Gasteiger partial charge in [-0.15, -0.1) is 0 Å². The Hall–Kier alpha value is -3.54. The Bertz CT molecular complexity index is 1230. The van der Waals surface area contributed by atoms with Crippen LogP contribution in [0.1, 0.15) is 34.3 Å². The summed E-state index contributed by atoms with van der Waals surface area (Å²) in [5.41, 5.74) is 3.89. The van der Waals surface area contributed by atoms with Gasteiger partial charge in [-0.05, 0) is 49.6 Å². The fraction of sp³-hybridized carbons (Fsp3) is 0.174. The Morgan fingerprint density at radius 2 is 1.90 bits per heavy atom. The molecule has 0 radical (unpaired) electrons. The zero-order valence-corrected chi connectivity index (χ0v) is 15.9. The van der Waals surface area contributed by atoms with Crippen molar-refractivity contribution in [2.75, 3.05) is 0 Å². The summed E-state index contributed by atoms with van der Waals surface area (Å²) in [4.78, 5) is 17.4. The molecule has 5 rings (SSSR count). The second kappa shape index (κ2) is 6.51. The van der Waals surface area contributed by atoms with Crippen LogP contribution in [0.25, 0.3) is 16.6 Å². The van der Waals surface area contributed by atoms with E-state index in [-0.39, 0.29) is 17.3 Å². The van der Waals surface area contributed by atoms with Crippen LogP contribution < -0.4 is 5.32 Å². The summed E-state index contributed by atoms with van der Waals surface area (Å²) in [6.07, 6.45) is 6.72. The van der Waals surface area contributed by atoms with Crippen LogP contribution in [-0.4, -0.2) is 20.7 Å². The van der Waals surface area contributed by atoms with Crippen LogP contribution in [0.15, 0.2) is 67.1 Å². The lowest BCUT2D eigenvalue weighted by atomic mass is 10.0. The van der Waals surface area contributed by atoms with Crippen LogP contribution in [-0.2, 0) is 5.54 Å². The van der Waals surface area contributed by atoms with Crippen molar-refractivity contribution < 1.29 is 9.18 Å². The van der Waals surface area contributed by atoms with Gasteiger partial charge in [0.2, 0.25) is 0 Å². The van der Waals surface area contributed by atoms with Gasteiger partial charge < -0.3 is 5.32 Å². The van der Waals surface area contributed by atoms with Crippen molar-refractivity contribution in [2.24, 2.45) is 0 Å². The number of pyridine rings is 1. The van der Waals surface area contributed by atoms with Gasteiger partial charge in [0.15, 0.2) is 0 Å². The first-order valence-corrected chi connectivity index (χ1v) is 9.53. The number of carbonyl (C=O) groups is 1. The van der Waals surface area contributed by atoms with Gasteiger partial charge in [0, 0.05) is 11.6 Å². The van der Waals surface area contributed by atoms with E-state index in [1.165, 1.54) is 17.7 Å². The van der Waals surface area contributed by atoms with E-state index in [4.69, 9.17) is 0 Å². The molecule has 1 aliphatic rings. The van der Waals surface area contributed by atoms with Gasteiger partial charge in [-0.1, -0.05) is 29.8 Å². The van der Waals surface area contributed by atoms with E-state index in [1.54, 1.807) is 35.4 Å². The Morgan fingerprint density at radius 3 is 2.62 bits per heavy atom. The highest BCUT2D eigenvalue weighted by molar-refractivity contribution is 6.06. The number of carbonyl (C=O) groups excluding carboxylic acids is 1. The summed E-state index contributed by atoms with van der Waals surface area (Å²) in [7, 11) is 0. The molecule has 1 fully saturated rings. The van der Waals surface area contributed by atoms with Gasteiger partial charge >= 0.3 is 0 Å². The Labute approximate surface area is 167 Å². The van der Waals surface area contributed by atoms with Crippen LogP contribution in [0.4, 0.5) is 4.39 Å². The fourth-order valence-electron chi connectivity index (χ4n) is 3.75. The topological polar surface area (TPSA) is 59.8 Å². The van der Waals surface area contributed by atoms with Crippen LogP contribution in [0.5, 0.6) is 0 Å². The summed E-state index contributed by atoms with van der Waals surface area (Å²) < 4.78 is 14.9. The maximum Gasteiger partial charge on any atom is 0.254 e. The van der Waals surface area contributed by atoms with Crippen LogP contribution in [0.2, 0.25) is 0 Å². The Kier molecular flexibility index (Phi) is 3.94. The van der Waals surface area contributed by atoms with Crippen molar-refractivity contribution in [3.05, 3.63) is 89.6 Å². The van der Waals surface area contributed by atoms with Crippen molar-refractivity contribution in [2.45, 2.75) is 25.3 Å². The second-order valence-electron chi connectivity index (χ2n) is 7.56. The van der Waals surface area contributed by atoms with E-state index < -0.39 is 0 Å². The van der Waals surface area contributed by atoms with Crippen molar-refractivity contribution >= 4 is 16.8 Å². The molecule has 1 aliphatic carbocycles. The number of hydrogen-bond acceptors (Lipinski definition) is 3. The second-order valence-corrected chi connectivity index (χ2v) is 7.56. The highest BCUT2D eigenvalue weighted by Gasteiger charge is 2.46. The van der Waals surface area contributed by atoms with Crippen molar-refractivity contribution in [3.63, 3.8) is 0 Å². The summed E-state index contributed by atoms with van der Waals surface area (Å²) in [5.74, 6) is -0.477. The van der Waals surface area contributed by atoms with Gasteiger partial charge in [0.25, 0.3) is 5.91 Å². The summed E-state index contributed by atoms with van der Waals surface area (Å²) >= 11 is 0. The number of fused-ring (bicyclic) bond motifs is 1. The van der Waals surface area contributed by atoms with Crippen molar-refractivity contribution in [1.82, 2.24) is 20.1 Å². The highest BCUT2D eigenvalue weighted by Crippen LogP contribution is 2.46. The molecule has 4 aromatic rings. The van der Waals surface area contributed by atoms with E-state index in [1.807, 2.05) is 6.07 Å². The fourth-order valence-corrected chi connectivity index (χ4v) is 3.75. The molecule has 0 spiro atoms. The minimum Gasteiger partial charge on any atom is -0.342 e. The van der Waals surface area contributed by atoms with Gasteiger partial charge in [-0.3, -0.25) is 9.78 Å². The molecule has 1 amide bonds. The maximum absolute atomic E-state index is 13.2. The molecule has 0 unspecified atom stereocenters. The van der Waals surface area contributed by atoms with E-state index in [2.05, 4.69) is 40.5 Å². The first kappa shape index (κ1) is 17.6. The molecule has 0 bridgehead atoms. The summed E-state index contributed by atoms with van der Waals surface area (Å²) in [6.45, 7) is 2.05. The molecule has 1 N–H and O–H groups in total. The number of nitrogens with one attached hydrogen (secondary N) is 1. The Balaban J connectivity index is 1.49. The number of aromatic nitrogens is 3. The molecule has 0 aliphatic heterocycles. The van der Waals surface area contributed by atoms with E-state index in [0.29, 0.717) is 22.2 Å². The van der Waals surface area contributed by atoms with Crippen molar-refractivity contribution in [1.29, 1.82) is 0 Å². The maximum atomic E-state index is 13.2.